The fourth-order valence-electron chi connectivity index (χ4n) is 6.14. The maximum atomic E-state index is 12.0. The van der Waals surface area contributed by atoms with Crippen molar-refractivity contribution in [1.29, 1.82) is 0 Å². The molecule has 0 aliphatic carbocycles. The average Bonchev–Trinajstić information content (AvgIpc) is 4.04. The van der Waals surface area contributed by atoms with Crippen molar-refractivity contribution >= 4 is 71.3 Å². The van der Waals surface area contributed by atoms with Gasteiger partial charge in [-0.25, -0.2) is 26.2 Å². The lowest BCUT2D eigenvalue weighted by Gasteiger charge is -2.08. The van der Waals surface area contributed by atoms with Gasteiger partial charge in [0.1, 0.15) is 5.69 Å². The third-order valence-corrected chi connectivity index (χ3v) is 14.4. The SMILES string of the molecule is CC(=O)c1cc(-c2ccc(-c3cccc(S(C)(=O)=O)c3)s2)n(-c2ccccc2Cl)n1.CC(O)c1cc(-c2ccc(-c3cccc(S(C)(=O)=O)c3)s2)n(-c2ccccc2Cl)n1. The number of Topliss-reactive ketones (excluding diaryl/α,β-unsaturated/α-hetero) is 1. The number of hydrogen-bond acceptors (Lipinski definition) is 10. The number of aromatic nitrogens is 4. The largest absolute Gasteiger partial charge is 0.387 e. The molecular formula is C44H36Cl2N4O6S4. The number of carbonyl (C=O) groups excluding carboxylic acids is 1. The van der Waals surface area contributed by atoms with Gasteiger partial charge in [-0.15, -0.1) is 22.7 Å². The highest BCUT2D eigenvalue weighted by molar-refractivity contribution is 7.91. The van der Waals surface area contributed by atoms with Gasteiger partial charge in [-0.2, -0.15) is 10.2 Å². The number of thiophene rings is 2. The molecule has 0 fully saturated rings. The molecule has 8 aromatic rings. The first-order valence-corrected chi connectivity index (χ1v) is 24.4. The first-order valence-electron chi connectivity index (χ1n) is 18.2. The van der Waals surface area contributed by atoms with E-state index in [0.29, 0.717) is 27.1 Å². The summed E-state index contributed by atoms with van der Waals surface area (Å²) in [5.74, 6) is -0.139. The Hall–Kier alpha value is -5.19. The van der Waals surface area contributed by atoms with Crippen LogP contribution >= 0.6 is 45.9 Å². The lowest BCUT2D eigenvalue weighted by atomic mass is 10.2. The summed E-state index contributed by atoms with van der Waals surface area (Å²) in [5, 5.41) is 20.1. The van der Waals surface area contributed by atoms with Crippen LogP contribution in [0.15, 0.2) is 143 Å². The second-order valence-corrected chi connectivity index (χ2v) is 20.8. The Balaban J connectivity index is 0.000000181. The number of rotatable bonds is 10. The third-order valence-electron chi connectivity index (χ3n) is 9.20. The highest BCUT2D eigenvalue weighted by Crippen LogP contribution is 2.39. The third kappa shape index (κ3) is 9.40. The van der Waals surface area contributed by atoms with Crippen molar-refractivity contribution in [2.24, 2.45) is 0 Å². The van der Waals surface area contributed by atoms with Crippen LogP contribution in [0.3, 0.4) is 0 Å². The molecule has 0 aliphatic heterocycles. The Morgan fingerprint density at radius 2 is 1.03 bits per heavy atom. The van der Waals surface area contributed by atoms with Gasteiger partial charge in [0.15, 0.2) is 25.5 Å². The van der Waals surface area contributed by atoms with Crippen LogP contribution in [0.5, 0.6) is 0 Å². The minimum atomic E-state index is -3.29. The first kappa shape index (κ1) is 42.9. The van der Waals surface area contributed by atoms with Crippen LogP contribution in [-0.4, -0.2) is 59.8 Å². The normalized spacial score (nSPS) is 12.2. The van der Waals surface area contributed by atoms with Crippen LogP contribution in [0.2, 0.25) is 10.0 Å². The lowest BCUT2D eigenvalue weighted by Crippen LogP contribution is -2.01. The fourth-order valence-corrected chi connectivity index (χ4v) is 9.92. The van der Waals surface area contributed by atoms with Gasteiger partial charge in [0.05, 0.1) is 64.2 Å². The Morgan fingerprint density at radius 1 is 0.600 bits per heavy atom. The van der Waals surface area contributed by atoms with Crippen LogP contribution in [-0.2, 0) is 19.7 Å². The second-order valence-electron chi connectivity index (χ2n) is 13.8. The maximum absolute atomic E-state index is 12.0. The van der Waals surface area contributed by atoms with Gasteiger partial charge in [0, 0.05) is 29.2 Å². The number of ketones is 1. The van der Waals surface area contributed by atoms with Gasteiger partial charge in [-0.1, -0.05) is 71.7 Å². The molecule has 16 heteroatoms. The van der Waals surface area contributed by atoms with E-state index in [0.717, 1.165) is 47.7 Å². The fraction of sp³-hybridized carbons (Fsp3) is 0.114. The zero-order valence-electron chi connectivity index (χ0n) is 32.4. The van der Waals surface area contributed by atoms with Crippen molar-refractivity contribution < 1.29 is 26.7 Å². The number of aliphatic hydroxyl groups excluding tert-OH is 1. The van der Waals surface area contributed by atoms with Gasteiger partial charge in [0.25, 0.3) is 0 Å². The molecule has 1 unspecified atom stereocenters. The molecule has 0 radical (unpaired) electrons. The molecule has 4 aromatic heterocycles. The van der Waals surface area contributed by atoms with Gasteiger partial charge >= 0.3 is 0 Å². The van der Waals surface area contributed by atoms with Gasteiger partial charge in [0.2, 0.25) is 0 Å². The number of carbonyl (C=O) groups is 1. The topological polar surface area (TPSA) is 141 Å². The standard InChI is InChI=1S/C22H19ClN2O3S2.C22H17ClN2O3S2/c2*1-14(26)18-13-20(25(24-18)19-9-4-3-8-17(19)23)22-11-10-21(29-22)15-6-5-7-16(12-15)30(2,27)28/h3-14,26H,1-2H3;3-13H,1-2H3. The van der Waals surface area contributed by atoms with Crippen molar-refractivity contribution in [3.8, 4) is 53.4 Å². The molecule has 0 aliphatic rings. The van der Waals surface area contributed by atoms with Gasteiger partial charge in [-0.3, -0.25) is 4.79 Å². The highest BCUT2D eigenvalue weighted by Gasteiger charge is 2.20. The number of nitrogens with zero attached hydrogens (tertiary/aromatic N) is 4. The second kappa shape index (κ2) is 17.4. The van der Waals surface area contributed by atoms with E-state index in [2.05, 4.69) is 10.2 Å². The summed E-state index contributed by atoms with van der Waals surface area (Å²) in [6.45, 7) is 3.14. The van der Waals surface area contributed by atoms with Gasteiger partial charge in [-0.05, 0) is 103 Å². The predicted octanol–water partition coefficient (Wildman–Crippen LogP) is 10.9. The van der Waals surface area contributed by atoms with E-state index < -0.39 is 25.8 Å². The summed E-state index contributed by atoms with van der Waals surface area (Å²) in [5.41, 5.74) is 5.46. The van der Waals surface area contributed by atoms with E-state index in [9.17, 15) is 26.7 Å². The van der Waals surface area contributed by atoms with E-state index in [1.165, 1.54) is 42.1 Å². The molecule has 1 N–H and O–H groups in total. The number of benzene rings is 4. The predicted molar refractivity (Wildman–Crippen MR) is 242 cm³/mol. The van der Waals surface area contributed by atoms with Crippen LogP contribution < -0.4 is 0 Å². The molecule has 4 aromatic carbocycles. The molecule has 4 heterocycles. The molecule has 0 amide bonds. The molecule has 0 spiro atoms. The molecule has 1 atom stereocenters. The van der Waals surface area contributed by atoms with Crippen LogP contribution in [0.4, 0.5) is 0 Å². The molecule has 8 rings (SSSR count). The van der Waals surface area contributed by atoms with E-state index in [1.54, 1.807) is 70.9 Å². The Morgan fingerprint density at radius 3 is 1.47 bits per heavy atom. The molecule has 0 saturated carbocycles. The van der Waals surface area contributed by atoms with E-state index in [1.807, 2.05) is 78.9 Å². The molecular weight excluding hydrogens is 880 g/mol. The van der Waals surface area contributed by atoms with E-state index in [-0.39, 0.29) is 15.6 Å². The minimum absolute atomic E-state index is 0.139. The Kier molecular flexibility index (Phi) is 12.5. The zero-order valence-corrected chi connectivity index (χ0v) is 37.2. The zero-order chi connectivity index (χ0) is 42.9. The maximum Gasteiger partial charge on any atom is 0.180 e. The van der Waals surface area contributed by atoms with E-state index in [4.69, 9.17) is 23.2 Å². The quantitative estimate of drug-likeness (QED) is 0.134. The van der Waals surface area contributed by atoms with Crippen LogP contribution in [0.25, 0.3) is 53.4 Å². The average molecular weight is 916 g/mol. The van der Waals surface area contributed by atoms with Crippen LogP contribution in [0, 0.1) is 0 Å². The first-order chi connectivity index (χ1) is 28.5. The van der Waals surface area contributed by atoms with Crippen LogP contribution in [0.1, 0.15) is 36.1 Å². The number of halogens is 2. The summed E-state index contributed by atoms with van der Waals surface area (Å²) >= 11 is 15.8. The monoisotopic (exact) mass is 914 g/mol. The summed E-state index contributed by atoms with van der Waals surface area (Å²) < 4.78 is 51.0. The molecule has 306 valence electrons. The number of aliphatic hydroxyl groups is 1. The number of hydrogen-bond donors (Lipinski definition) is 1. The Bertz CT molecular complexity index is 3110. The number of sulfone groups is 2. The molecule has 10 nitrogen and oxygen atoms in total. The summed E-state index contributed by atoms with van der Waals surface area (Å²) in [7, 11) is -6.58. The molecule has 0 bridgehead atoms. The van der Waals surface area contributed by atoms with Crippen molar-refractivity contribution in [3.63, 3.8) is 0 Å². The summed E-state index contributed by atoms with van der Waals surface area (Å²) in [6.07, 6.45) is 1.67. The smallest absolute Gasteiger partial charge is 0.180 e. The minimum Gasteiger partial charge on any atom is -0.387 e. The molecule has 60 heavy (non-hydrogen) atoms. The van der Waals surface area contributed by atoms with Gasteiger partial charge < -0.3 is 5.11 Å². The van der Waals surface area contributed by atoms with Crippen molar-refractivity contribution in [2.45, 2.75) is 29.7 Å². The summed E-state index contributed by atoms with van der Waals surface area (Å²) in [4.78, 5) is 16.2. The van der Waals surface area contributed by atoms with E-state index >= 15 is 0 Å². The lowest BCUT2D eigenvalue weighted by molar-refractivity contribution is 0.101. The highest BCUT2D eigenvalue weighted by atomic mass is 35.5. The number of para-hydroxylation sites is 2. The molecule has 0 saturated heterocycles. The van der Waals surface area contributed by atoms with Crippen molar-refractivity contribution in [1.82, 2.24) is 19.6 Å². The Labute approximate surface area is 365 Å². The van der Waals surface area contributed by atoms with Crippen molar-refractivity contribution in [2.75, 3.05) is 12.5 Å². The van der Waals surface area contributed by atoms with Crippen molar-refractivity contribution in [3.05, 3.63) is 155 Å². The summed E-state index contributed by atoms with van der Waals surface area (Å²) in [6, 6.07) is 39.8.